The summed E-state index contributed by atoms with van der Waals surface area (Å²) in [6.45, 7) is 0. The van der Waals surface area contributed by atoms with Gasteiger partial charge in [0.05, 0.1) is 0 Å². The Morgan fingerprint density at radius 2 is 2.67 bits per heavy atom. The highest BCUT2D eigenvalue weighted by atomic mass is 16.5. The van der Waals surface area contributed by atoms with E-state index in [0.29, 0.717) is 0 Å². The Labute approximate surface area is 51.5 Å². The average Bonchev–Trinajstić information content (AvgIpc) is 2.37. The molecule has 9 heavy (non-hydrogen) atoms. The fourth-order valence-corrected chi connectivity index (χ4v) is 0.387. The van der Waals surface area contributed by atoms with Crippen molar-refractivity contribution in [2.24, 2.45) is 0 Å². The Morgan fingerprint density at radius 3 is 3.11 bits per heavy atom. The quantitative estimate of drug-likeness (QED) is 0.517. The molecule has 4 heteroatoms. The zero-order chi connectivity index (χ0) is 6.69. The van der Waals surface area contributed by atoms with Crippen LogP contribution in [0.4, 0.5) is 0 Å². The van der Waals surface area contributed by atoms with Crippen LogP contribution in [0.3, 0.4) is 0 Å². The molecule has 0 bridgehead atoms. The van der Waals surface area contributed by atoms with Crippen molar-refractivity contribution in [2.45, 2.75) is 0 Å². The second kappa shape index (κ2) is 2.30. The normalized spacial score (nSPS) is 9.00. The number of hydrogen-bond acceptors (Lipinski definition) is 4. The molecule has 4 nitrogen and oxygen atoms in total. The standard InChI is InChI=1S/C5H4NO3/c1-8-5(7)4-2-9-3-6-4/h2-3H,1H2. The molecule has 1 heterocycles. The number of nitrogens with zero attached hydrogens (tertiary/aromatic N) is 1. The molecule has 0 saturated carbocycles. The van der Waals surface area contributed by atoms with Crippen molar-refractivity contribution in [3.05, 3.63) is 25.5 Å². The lowest BCUT2D eigenvalue weighted by atomic mass is 10.5. The first kappa shape index (κ1) is 5.81. The summed E-state index contributed by atoms with van der Waals surface area (Å²) in [7, 11) is 2.91. The van der Waals surface area contributed by atoms with E-state index in [4.69, 9.17) is 0 Å². The molecule has 47 valence electrons. The maximum absolute atomic E-state index is 10.5. The van der Waals surface area contributed by atoms with Crippen molar-refractivity contribution in [1.29, 1.82) is 0 Å². The molecule has 0 aliphatic carbocycles. The van der Waals surface area contributed by atoms with Crippen LogP contribution in [0.5, 0.6) is 0 Å². The predicted octanol–water partition coefficient (Wildman–Crippen LogP) is 0.623. The third kappa shape index (κ3) is 1.07. The minimum absolute atomic E-state index is 0.130. The van der Waals surface area contributed by atoms with Gasteiger partial charge < -0.3 is 9.15 Å². The first-order valence-electron chi connectivity index (χ1n) is 2.19. The van der Waals surface area contributed by atoms with Crippen LogP contribution in [0.15, 0.2) is 17.1 Å². The molecule has 0 N–H and O–H groups in total. The van der Waals surface area contributed by atoms with Crippen molar-refractivity contribution >= 4 is 5.97 Å². The zero-order valence-electron chi connectivity index (χ0n) is 4.53. The van der Waals surface area contributed by atoms with Gasteiger partial charge in [0.25, 0.3) is 0 Å². The molecule has 0 unspecified atom stereocenters. The van der Waals surface area contributed by atoms with Gasteiger partial charge in [-0.3, -0.25) is 0 Å². The van der Waals surface area contributed by atoms with Gasteiger partial charge in [-0.2, -0.15) is 0 Å². The van der Waals surface area contributed by atoms with Gasteiger partial charge in [0.1, 0.15) is 13.4 Å². The minimum atomic E-state index is -0.594. The molecule has 0 aromatic carbocycles. The second-order valence-electron chi connectivity index (χ2n) is 1.31. The summed E-state index contributed by atoms with van der Waals surface area (Å²) in [5.41, 5.74) is 0.130. The van der Waals surface area contributed by atoms with Crippen molar-refractivity contribution in [3.63, 3.8) is 0 Å². The first-order valence-corrected chi connectivity index (χ1v) is 2.19. The van der Waals surface area contributed by atoms with Crippen LogP contribution in [0.2, 0.25) is 0 Å². The monoisotopic (exact) mass is 126 g/mol. The molecule has 0 amide bonds. The van der Waals surface area contributed by atoms with Crippen LogP contribution in [0.1, 0.15) is 10.5 Å². The summed E-state index contributed by atoms with van der Waals surface area (Å²) in [5, 5.41) is 0. The predicted molar refractivity (Wildman–Crippen MR) is 27.3 cm³/mol. The van der Waals surface area contributed by atoms with Crippen LogP contribution in [-0.4, -0.2) is 11.0 Å². The number of ether oxygens (including phenoxy) is 1. The average molecular weight is 126 g/mol. The summed E-state index contributed by atoms with van der Waals surface area (Å²) < 4.78 is 8.58. The second-order valence-corrected chi connectivity index (χ2v) is 1.31. The van der Waals surface area contributed by atoms with Crippen LogP contribution in [0, 0.1) is 7.11 Å². The summed E-state index contributed by atoms with van der Waals surface area (Å²) in [6.07, 6.45) is 2.33. The fraction of sp³-hybridized carbons (Fsp3) is 0. The molecular weight excluding hydrogens is 122 g/mol. The van der Waals surface area contributed by atoms with Gasteiger partial charge in [0, 0.05) is 0 Å². The highest BCUT2D eigenvalue weighted by Crippen LogP contribution is 1.95. The molecule has 0 fully saturated rings. The van der Waals surface area contributed by atoms with Gasteiger partial charge in [0.2, 0.25) is 0 Å². The van der Waals surface area contributed by atoms with Gasteiger partial charge in [0.15, 0.2) is 12.1 Å². The lowest BCUT2D eigenvalue weighted by Gasteiger charge is -1.87. The Bertz CT molecular complexity index is 192. The van der Waals surface area contributed by atoms with E-state index >= 15 is 0 Å². The summed E-state index contributed by atoms with van der Waals surface area (Å²) in [5.74, 6) is -0.594. The van der Waals surface area contributed by atoms with Crippen LogP contribution >= 0.6 is 0 Å². The Morgan fingerprint density at radius 1 is 1.89 bits per heavy atom. The van der Waals surface area contributed by atoms with Crippen molar-refractivity contribution in [1.82, 2.24) is 4.98 Å². The number of carbonyl (C=O) groups is 1. The van der Waals surface area contributed by atoms with Crippen molar-refractivity contribution in [2.75, 3.05) is 0 Å². The third-order valence-electron chi connectivity index (χ3n) is 0.773. The Kier molecular flexibility index (Phi) is 1.48. The lowest BCUT2D eigenvalue weighted by molar-refractivity contribution is 0.0647. The number of rotatable bonds is 1. The van der Waals surface area contributed by atoms with E-state index < -0.39 is 5.97 Å². The van der Waals surface area contributed by atoms with E-state index in [9.17, 15) is 4.79 Å². The van der Waals surface area contributed by atoms with E-state index in [1.54, 1.807) is 0 Å². The van der Waals surface area contributed by atoms with Gasteiger partial charge in [-0.1, -0.05) is 0 Å². The van der Waals surface area contributed by atoms with Crippen LogP contribution < -0.4 is 0 Å². The molecule has 1 rings (SSSR count). The molecule has 0 aliphatic rings. The molecule has 1 aromatic rings. The molecule has 0 atom stereocenters. The van der Waals surface area contributed by atoms with E-state index in [-0.39, 0.29) is 5.69 Å². The van der Waals surface area contributed by atoms with E-state index in [0.717, 1.165) is 6.39 Å². The van der Waals surface area contributed by atoms with Crippen molar-refractivity contribution in [3.8, 4) is 0 Å². The molecule has 0 spiro atoms. The topological polar surface area (TPSA) is 52.3 Å². The molecular formula is C5H4NO3. The zero-order valence-corrected chi connectivity index (χ0v) is 4.53. The summed E-state index contributed by atoms with van der Waals surface area (Å²) in [4.78, 5) is 14.0. The summed E-state index contributed by atoms with van der Waals surface area (Å²) >= 11 is 0. The van der Waals surface area contributed by atoms with Crippen LogP contribution in [-0.2, 0) is 4.74 Å². The summed E-state index contributed by atoms with van der Waals surface area (Å²) in [6, 6.07) is 0. The lowest BCUT2D eigenvalue weighted by Crippen LogP contribution is -1.98. The maximum Gasteiger partial charge on any atom is 0.360 e. The SMILES string of the molecule is [CH2]OC(=O)c1cocn1. The molecule has 1 radical (unpaired) electrons. The van der Waals surface area contributed by atoms with E-state index in [1.807, 2.05) is 0 Å². The smallest absolute Gasteiger partial charge is 0.360 e. The highest BCUT2D eigenvalue weighted by molar-refractivity contribution is 5.86. The highest BCUT2D eigenvalue weighted by Gasteiger charge is 2.06. The minimum Gasteiger partial charge on any atom is -0.457 e. The van der Waals surface area contributed by atoms with Gasteiger partial charge in [-0.05, 0) is 0 Å². The number of carbonyl (C=O) groups excluding carboxylic acids is 1. The van der Waals surface area contributed by atoms with Crippen molar-refractivity contribution < 1.29 is 13.9 Å². The molecule has 1 aromatic heterocycles. The maximum atomic E-state index is 10.5. The number of oxazole rings is 1. The number of esters is 1. The third-order valence-corrected chi connectivity index (χ3v) is 0.773. The van der Waals surface area contributed by atoms with Gasteiger partial charge in [-0.25, -0.2) is 9.78 Å². The number of aromatic nitrogens is 1. The fourth-order valence-electron chi connectivity index (χ4n) is 0.387. The largest absolute Gasteiger partial charge is 0.457 e. The van der Waals surface area contributed by atoms with Crippen LogP contribution in [0.25, 0.3) is 0 Å². The Hall–Kier alpha value is -1.32. The van der Waals surface area contributed by atoms with Gasteiger partial charge in [-0.15, -0.1) is 0 Å². The van der Waals surface area contributed by atoms with E-state index in [1.165, 1.54) is 6.26 Å². The molecule has 0 saturated heterocycles. The van der Waals surface area contributed by atoms with E-state index in [2.05, 4.69) is 21.2 Å². The first-order chi connectivity index (χ1) is 4.34. The van der Waals surface area contributed by atoms with Gasteiger partial charge >= 0.3 is 5.97 Å². The molecule has 0 aliphatic heterocycles. The Balaban J connectivity index is 2.77. The number of hydrogen-bond donors (Lipinski definition) is 0.